The number of hydrogen-bond acceptors (Lipinski definition) is 1. The van der Waals surface area contributed by atoms with E-state index in [2.05, 4.69) is 22.8 Å². The minimum Gasteiger partial charge on any atom is -0.341 e. The van der Waals surface area contributed by atoms with Crippen molar-refractivity contribution >= 4 is 16.8 Å². The van der Waals surface area contributed by atoms with Gasteiger partial charge in [-0.25, -0.2) is 4.39 Å². The van der Waals surface area contributed by atoms with Crippen molar-refractivity contribution in [3.05, 3.63) is 70.7 Å². The number of amides is 1. The smallest absolute Gasteiger partial charge is 0.254 e. The molecule has 2 aromatic carbocycles. The van der Waals surface area contributed by atoms with Crippen LogP contribution < -0.4 is 0 Å². The molecule has 160 valence electrons. The fourth-order valence-electron chi connectivity index (χ4n) is 6.34. The van der Waals surface area contributed by atoms with Gasteiger partial charge in [-0.3, -0.25) is 4.79 Å². The van der Waals surface area contributed by atoms with Crippen LogP contribution in [0.25, 0.3) is 10.9 Å². The quantitative estimate of drug-likeness (QED) is 0.477. The molecule has 1 saturated carbocycles. The summed E-state index contributed by atoms with van der Waals surface area (Å²) in [6.07, 6.45) is 9.87. The Morgan fingerprint density at radius 2 is 1.81 bits per heavy atom. The van der Waals surface area contributed by atoms with Gasteiger partial charge in [-0.1, -0.05) is 31.4 Å². The lowest BCUT2D eigenvalue weighted by Crippen LogP contribution is -2.43. The SMILES string of the molecule is O=C(c1cccc(F)c1)N1CCn2c3c(c4cc(C5CCCCC5)ccc42)CCC[C@@H]31. The monoisotopic (exact) mass is 416 g/mol. The van der Waals surface area contributed by atoms with E-state index in [1.54, 1.807) is 12.1 Å². The van der Waals surface area contributed by atoms with Crippen molar-refractivity contribution in [2.75, 3.05) is 6.54 Å². The lowest BCUT2D eigenvalue weighted by molar-refractivity contribution is 0.0600. The predicted molar refractivity (Wildman–Crippen MR) is 121 cm³/mol. The molecule has 3 nitrogen and oxygen atoms in total. The summed E-state index contributed by atoms with van der Waals surface area (Å²) in [4.78, 5) is 15.3. The largest absolute Gasteiger partial charge is 0.341 e. The Hall–Kier alpha value is -2.62. The van der Waals surface area contributed by atoms with Crippen molar-refractivity contribution in [2.45, 2.75) is 69.9 Å². The molecule has 0 unspecified atom stereocenters. The molecule has 2 aliphatic carbocycles. The van der Waals surface area contributed by atoms with Crippen molar-refractivity contribution in [1.82, 2.24) is 9.47 Å². The fraction of sp³-hybridized carbons (Fsp3) is 0.444. The molecule has 3 aliphatic rings. The number of fused-ring (bicyclic) bond motifs is 3. The second-order valence-corrected chi connectivity index (χ2v) is 9.54. The molecule has 31 heavy (non-hydrogen) atoms. The number of halogens is 1. The molecule has 0 bridgehead atoms. The van der Waals surface area contributed by atoms with Gasteiger partial charge in [-0.05, 0) is 79.5 Å². The highest BCUT2D eigenvalue weighted by atomic mass is 19.1. The van der Waals surface area contributed by atoms with Crippen LogP contribution in [0.3, 0.4) is 0 Å². The molecule has 0 saturated heterocycles. The molecule has 2 heterocycles. The number of nitrogens with zero attached hydrogens (tertiary/aromatic N) is 2. The second-order valence-electron chi connectivity index (χ2n) is 9.54. The maximum absolute atomic E-state index is 13.7. The molecule has 4 heteroatoms. The van der Waals surface area contributed by atoms with Gasteiger partial charge in [0.15, 0.2) is 0 Å². The molecular weight excluding hydrogens is 387 g/mol. The van der Waals surface area contributed by atoms with Crippen LogP contribution in [0, 0.1) is 5.82 Å². The molecule has 1 aliphatic heterocycles. The first-order valence-electron chi connectivity index (χ1n) is 11.9. The Balaban J connectivity index is 1.41. The Labute approximate surface area is 182 Å². The molecule has 6 rings (SSSR count). The summed E-state index contributed by atoms with van der Waals surface area (Å²) < 4.78 is 16.2. The van der Waals surface area contributed by atoms with Crippen LogP contribution in [-0.4, -0.2) is 21.9 Å². The molecule has 1 atom stereocenters. The van der Waals surface area contributed by atoms with Gasteiger partial charge < -0.3 is 9.47 Å². The van der Waals surface area contributed by atoms with Gasteiger partial charge in [0.05, 0.1) is 6.04 Å². The number of carbonyl (C=O) groups excluding carboxylic acids is 1. The third-order valence-electron chi connectivity index (χ3n) is 7.81. The van der Waals surface area contributed by atoms with E-state index in [0.29, 0.717) is 18.0 Å². The third-order valence-corrected chi connectivity index (χ3v) is 7.81. The summed E-state index contributed by atoms with van der Waals surface area (Å²) in [5, 5.41) is 1.41. The van der Waals surface area contributed by atoms with E-state index in [1.807, 2.05) is 4.90 Å². The molecular formula is C27H29FN2O. The number of carbonyl (C=O) groups is 1. The highest BCUT2D eigenvalue weighted by molar-refractivity contribution is 5.95. The molecule has 1 amide bonds. The summed E-state index contributed by atoms with van der Waals surface area (Å²) in [6.45, 7) is 1.49. The minimum atomic E-state index is -0.350. The Kier molecular flexibility index (Phi) is 4.62. The molecule has 0 radical (unpaired) electrons. The number of benzene rings is 2. The van der Waals surface area contributed by atoms with Crippen LogP contribution in [0.1, 0.15) is 84.1 Å². The number of aromatic nitrogens is 1. The summed E-state index contributed by atoms with van der Waals surface area (Å²) in [6, 6.07) is 13.4. The standard InChI is InChI=1S/C27H29FN2O/c28-21-9-4-8-20(16-21)27(31)30-15-14-29-24-13-12-19(18-6-2-1-3-7-18)17-23(24)22-10-5-11-25(30)26(22)29/h4,8-9,12-13,16-18,25H,1-3,5-7,10-11,14-15H2/t25-/m0/s1. The molecule has 1 fully saturated rings. The van der Waals surface area contributed by atoms with E-state index in [0.717, 1.165) is 25.8 Å². The van der Waals surface area contributed by atoms with Gasteiger partial charge in [0.1, 0.15) is 5.82 Å². The van der Waals surface area contributed by atoms with Gasteiger partial charge >= 0.3 is 0 Å². The lowest BCUT2D eigenvalue weighted by atomic mass is 9.83. The van der Waals surface area contributed by atoms with Gasteiger partial charge in [0, 0.05) is 35.2 Å². The zero-order valence-corrected chi connectivity index (χ0v) is 17.9. The van der Waals surface area contributed by atoms with E-state index in [-0.39, 0.29) is 17.8 Å². The van der Waals surface area contributed by atoms with Crippen molar-refractivity contribution in [3.8, 4) is 0 Å². The average Bonchev–Trinajstić information content (AvgIpc) is 3.14. The Bertz CT molecular complexity index is 1160. The topological polar surface area (TPSA) is 25.2 Å². The maximum atomic E-state index is 13.7. The third kappa shape index (κ3) is 3.10. The van der Waals surface area contributed by atoms with Crippen LogP contribution in [0.5, 0.6) is 0 Å². The molecule has 0 spiro atoms. The van der Waals surface area contributed by atoms with Crippen LogP contribution in [0.4, 0.5) is 4.39 Å². The highest BCUT2D eigenvalue weighted by Gasteiger charge is 2.37. The second kappa shape index (κ2) is 7.51. The molecule has 0 N–H and O–H groups in total. The first kappa shape index (κ1) is 19.1. The Morgan fingerprint density at radius 1 is 0.935 bits per heavy atom. The summed E-state index contributed by atoms with van der Waals surface area (Å²) >= 11 is 0. The van der Waals surface area contributed by atoms with Gasteiger partial charge in [0.2, 0.25) is 0 Å². The minimum absolute atomic E-state index is 0.0447. The predicted octanol–water partition coefficient (Wildman–Crippen LogP) is 6.36. The van der Waals surface area contributed by atoms with E-state index < -0.39 is 0 Å². The molecule has 1 aromatic heterocycles. The number of aryl methyl sites for hydroxylation is 1. The van der Waals surface area contributed by atoms with E-state index in [4.69, 9.17) is 0 Å². The summed E-state index contributed by atoms with van der Waals surface area (Å²) in [5.41, 5.74) is 6.06. The van der Waals surface area contributed by atoms with Crippen molar-refractivity contribution in [2.24, 2.45) is 0 Å². The van der Waals surface area contributed by atoms with Gasteiger partial charge in [-0.15, -0.1) is 0 Å². The zero-order valence-electron chi connectivity index (χ0n) is 17.9. The van der Waals surface area contributed by atoms with E-state index in [1.165, 1.54) is 72.0 Å². The number of rotatable bonds is 2. The van der Waals surface area contributed by atoms with E-state index >= 15 is 0 Å². The average molecular weight is 417 g/mol. The lowest BCUT2D eigenvalue weighted by Gasteiger charge is -2.40. The maximum Gasteiger partial charge on any atom is 0.254 e. The highest BCUT2D eigenvalue weighted by Crippen LogP contribution is 2.44. The van der Waals surface area contributed by atoms with Crippen molar-refractivity contribution in [1.29, 1.82) is 0 Å². The normalized spacial score (nSPS) is 21.3. The summed E-state index contributed by atoms with van der Waals surface area (Å²) in [7, 11) is 0. The fourth-order valence-corrected chi connectivity index (χ4v) is 6.34. The van der Waals surface area contributed by atoms with E-state index in [9.17, 15) is 9.18 Å². The Morgan fingerprint density at radius 3 is 2.65 bits per heavy atom. The zero-order chi connectivity index (χ0) is 20.9. The van der Waals surface area contributed by atoms with Gasteiger partial charge in [0.25, 0.3) is 5.91 Å². The van der Waals surface area contributed by atoms with Crippen LogP contribution in [-0.2, 0) is 13.0 Å². The summed E-state index contributed by atoms with van der Waals surface area (Å²) in [5.74, 6) is 0.306. The van der Waals surface area contributed by atoms with Crippen molar-refractivity contribution in [3.63, 3.8) is 0 Å². The first-order chi connectivity index (χ1) is 15.2. The van der Waals surface area contributed by atoms with Gasteiger partial charge in [-0.2, -0.15) is 0 Å². The van der Waals surface area contributed by atoms with Crippen LogP contribution in [0.15, 0.2) is 42.5 Å². The first-order valence-corrected chi connectivity index (χ1v) is 11.9. The van der Waals surface area contributed by atoms with Crippen molar-refractivity contribution < 1.29 is 9.18 Å². The molecule has 3 aromatic rings. The van der Waals surface area contributed by atoms with Crippen LogP contribution in [0.2, 0.25) is 0 Å². The number of hydrogen-bond donors (Lipinski definition) is 0. The van der Waals surface area contributed by atoms with Crippen LogP contribution >= 0.6 is 0 Å².